The lowest BCUT2D eigenvalue weighted by Crippen LogP contribution is -2.55. The van der Waals surface area contributed by atoms with Crippen LogP contribution in [0.1, 0.15) is 25.8 Å². The van der Waals surface area contributed by atoms with E-state index in [0.29, 0.717) is 16.7 Å². The van der Waals surface area contributed by atoms with Gasteiger partial charge in [0.25, 0.3) is 0 Å². The van der Waals surface area contributed by atoms with E-state index in [9.17, 15) is 0 Å². The molecule has 126 valence electrons. The largest absolute Gasteiger partial charge is 0.454 e. The monoisotopic (exact) mass is 337 g/mol. The lowest BCUT2D eigenvalue weighted by atomic mass is 9.48. The van der Waals surface area contributed by atoms with E-state index in [1.54, 1.807) is 0 Å². The fourth-order valence-electron chi connectivity index (χ4n) is 5.15. The molecule has 0 unspecified atom stereocenters. The molecule has 0 N–H and O–H groups in total. The van der Waals surface area contributed by atoms with E-state index in [0.717, 1.165) is 48.3 Å². The molecule has 1 aromatic rings. The van der Waals surface area contributed by atoms with E-state index in [-0.39, 0.29) is 6.79 Å². The SMILES string of the molecule is COC[C@@]12CN(Cc3cc4c(cc3Cl)OCO4)C[C@@H]1C(C)(C)C2. The summed E-state index contributed by atoms with van der Waals surface area (Å²) in [6.45, 7) is 8.94. The number of halogens is 1. The van der Waals surface area contributed by atoms with Gasteiger partial charge in [-0.15, -0.1) is 0 Å². The standard InChI is InChI=1S/C18H24ClNO3/c1-17(2)8-18(10-21-3)9-20(7-16(17)18)6-12-4-14-15(5-13(12)19)23-11-22-14/h4-5,16H,6-11H2,1-3H3/t16-,18-/m1/s1. The van der Waals surface area contributed by atoms with Crippen molar-refractivity contribution in [3.05, 3.63) is 22.7 Å². The van der Waals surface area contributed by atoms with Crippen LogP contribution in [0.3, 0.4) is 0 Å². The summed E-state index contributed by atoms with van der Waals surface area (Å²) in [7, 11) is 1.81. The molecular weight excluding hydrogens is 314 g/mol. The number of likely N-dealkylation sites (tertiary alicyclic amines) is 1. The van der Waals surface area contributed by atoms with Crippen molar-refractivity contribution in [2.75, 3.05) is 33.6 Å². The topological polar surface area (TPSA) is 30.9 Å². The zero-order chi connectivity index (χ0) is 16.2. The van der Waals surface area contributed by atoms with Gasteiger partial charge in [-0.3, -0.25) is 4.90 Å². The minimum atomic E-state index is 0.284. The highest BCUT2D eigenvalue weighted by atomic mass is 35.5. The normalized spacial score (nSPS) is 31.0. The first-order valence-corrected chi connectivity index (χ1v) is 8.61. The van der Waals surface area contributed by atoms with Gasteiger partial charge in [-0.2, -0.15) is 0 Å². The lowest BCUT2D eigenvalue weighted by Gasteiger charge is -2.56. The number of fused-ring (bicyclic) bond motifs is 2. The Kier molecular flexibility index (Phi) is 3.56. The molecule has 0 bridgehead atoms. The van der Waals surface area contributed by atoms with E-state index < -0.39 is 0 Å². The number of benzene rings is 1. The van der Waals surface area contributed by atoms with Crippen molar-refractivity contribution in [3.8, 4) is 11.5 Å². The first-order valence-electron chi connectivity index (χ1n) is 8.23. The number of ether oxygens (including phenoxy) is 3. The summed E-state index contributed by atoms with van der Waals surface area (Å²) >= 11 is 6.44. The molecule has 2 fully saturated rings. The summed E-state index contributed by atoms with van der Waals surface area (Å²) in [4.78, 5) is 2.52. The second-order valence-corrected chi connectivity index (χ2v) is 8.39. The van der Waals surface area contributed by atoms with Crippen LogP contribution in [-0.2, 0) is 11.3 Å². The predicted octanol–water partition coefficient (Wildman–Crippen LogP) is 3.56. The fourth-order valence-corrected chi connectivity index (χ4v) is 5.37. The summed E-state index contributed by atoms with van der Waals surface area (Å²) in [5, 5.41) is 0.758. The van der Waals surface area contributed by atoms with Crippen LogP contribution < -0.4 is 9.47 Å². The van der Waals surface area contributed by atoms with Gasteiger partial charge in [-0.1, -0.05) is 25.4 Å². The summed E-state index contributed by atoms with van der Waals surface area (Å²) in [5.41, 5.74) is 1.84. The predicted molar refractivity (Wildman–Crippen MR) is 89.0 cm³/mol. The third-order valence-electron chi connectivity index (χ3n) is 5.84. The van der Waals surface area contributed by atoms with Crippen LogP contribution in [0.25, 0.3) is 0 Å². The molecule has 4 nitrogen and oxygen atoms in total. The van der Waals surface area contributed by atoms with E-state index in [1.165, 1.54) is 6.42 Å². The van der Waals surface area contributed by atoms with Crippen molar-refractivity contribution < 1.29 is 14.2 Å². The van der Waals surface area contributed by atoms with Crippen LogP contribution in [-0.4, -0.2) is 38.5 Å². The van der Waals surface area contributed by atoms with Gasteiger partial charge >= 0.3 is 0 Å². The van der Waals surface area contributed by atoms with Gasteiger partial charge in [-0.25, -0.2) is 0 Å². The molecule has 2 aliphatic heterocycles. The molecule has 0 amide bonds. The van der Waals surface area contributed by atoms with Crippen molar-refractivity contribution in [1.82, 2.24) is 4.90 Å². The van der Waals surface area contributed by atoms with Crippen LogP contribution in [0.2, 0.25) is 5.02 Å². The Labute approximate surface area is 142 Å². The highest BCUT2D eigenvalue weighted by Crippen LogP contribution is 2.62. The van der Waals surface area contributed by atoms with E-state index >= 15 is 0 Å². The Balaban J connectivity index is 1.53. The summed E-state index contributed by atoms with van der Waals surface area (Å²) in [5.74, 6) is 2.25. The van der Waals surface area contributed by atoms with Crippen molar-refractivity contribution in [2.24, 2.45) is 16.7 Å². The van der Waals surface area contributed by atoms with Gasteiger partial charge in [0.2, 0.25) is 6.79 Å². The average molecular weight is 338 g/mol. The molecule has 0 radical (unpaired) electrons. The molecule has 2 atom stereocenters. The maximum atomic E-state index is 6.44. The Morgan fingerprint density at radius 1 is 1.30 bits per heavy atom. The second-order valence-electron chi connectivity index (χ2n) is 7.98. The fraction of sp³-hybridized carbons (Fsp3) is 0.667. The molecule has 3 aliphatic rings. The molecule has 1 saturated carbocycles. The number of hydrogen-bond acceptors (Lipinski definition) is 4. The molecule has 1 aliphatic carbocycles. The average Bonchev–Trinajstić information content (AvgIpc) is 3.02. The Morgan fingerprint density at radius 3 is 2.74 bits per heavy atom. The molecule has 1 saturated heterocycles. The van der Waals surface area contributed by atoms with E-state index in [1.807, 2.05) is 19.2 Å². The second kappa shape index (κ2) is 5.27. The number of methoxy groups -OCH3 is 1. The minimum absolute atomic E-state index is 0.284. The quantitative estimate of drug-likeness (QED) is 0.840. The van der Waals surface area contributed by atoms with Gasteiger partial charge in [0, 0.05) is 43.2 Å². The Bertz CT molecular complexity index is 633. The van der Waals surface area contributed by atoms with Crippen molar-refractivity contribution >= 4 is 11.6 Å². The number of rotatable bonds is 4. The van der Waals surface area contributed by atoms with Crippen molar-refractivity contribution in [3.63, 3.8) is 0 Å². The molecule has 1 aromatic carbocycles. The van der Waals surface area contributed by atoms with Crippen molar-refractivity contribution in [2.45, 2.75) is 26.8 Å². The van der Waals surface area contributed by atoms with E-state index in [4.69, 9.17) is 25.8 Å². The summed E-state index contributed by atoms with van der Waals surface area (Å²) in [6.07, 6.45) is 1.24. The van der Waals surface area contributed by atoms with Crippen molar-refractivity contribution in [1.29, 1.82) is 0 Å². The van der Waals surface area contributed by atoms with Gasteiger partial charge in [-0.05, 0) is 29.4 Å². The highest BCUT2D eigenvalue weighted by Gasteiger charge is 2.62. The number of nitrogens with zero attached hydrogens (tertiary/aromatic N) is 1. The summed E-state index contributed by atoms with van der Waals surface area (Å²) < 4.78 is 16.4. The van der Waals surface area contributed by atoms with Crippen LogP contribution in [0.4, 0.5) is 0 Å². The summed E-state index contributed by atoms with van der Waals surface area (Å²) in [6, 6.07) is 3.90. The van der Waals surface area contributed by atoms with Crippen LogP contribution in [0.5, 0.6) is 11.5 Å². The van der Waals surface area contributed by atoms with Crippen LogP contribution in [0, 0.1) is 16.7 Å². The first kappa shape index (κ1) is 15.6. The van der Waals surface area contributed by atoms with Gasteiger partial charge in [0.05, 0.1) is 6.61 Å². The lowest BCUT2D eigenvalue weighted by molar-refractivity contribution is -0.107. The first-order chi connectivity index (χ1) is 10.9. The highest BCUT2D eigenvalue weighted by molar-refractivity contribution is 6.31. The Morgan fingerprint density at radius 2 is 2.04 bits per heavy atom. The molecule has 2 heterocycles. The van der Waals surface area contributed by atoms with Gasteiger partial charge < -0.3 is 14.2 Å². The molecule has 4 rings (SSSR count). The van der Waals surface area contributed by atoms with E-state index in [2.05, 4.69) is 18.7 Å². The molecular formula is C18H24ClNO3. The smallest absolute Gasteiger partial charge is 0.231 e. The molecule has 0 spiro atoms. The van der Waals surface area contributed by atoms with Gasteiger partial charge in [0.15, 0.2) is 11.5 Å². The molecule has 23 heavy (non-hydrogen) atoms. The minimum Gasteiger partial charge on any atom is -0.454 e. The maximum Gasteiger partial charge on any atom is 0.231 e. The van der Waals surface area contributed by atoms with Crippen LogP contribution >= 0.6 is 11.6 Å². The van der Waals surface area contributed by atoms with Crippen LogP contribution in [0.15, 0.2) is 12.1 Å². The van der Waals surface area contributed by atoms with Gasteiger partial charge in [0.1, 0.15) is 0 Å². The zero-order valence-corrected chi connectivity index (χ0v) is 14.8. The molecule has 5 heteroatoms. The third-order valence-corrected chi connectivity index (χ3v) is 6.19. The third kappa shape index (κ3) is 2.43. The zero-order valence-electron chi connectivity index (χ0n) is 14.0. The number of hydrogen-bond donors (Lipinski definition) is 0. The Hall–Kier alpha value is -0.970. The maximum absolute atomic E-state index is 6.44. The molecule has 0 aromatic heterocycles.